The number of hydrogen-bond donors (Lipinski definition) is 0. The van der Waals surface area contributed by atoms with E-state index in [9.17, 15) is 0 Å². The van der Waals surface area contributed by atoms with E-state index in [1.807, 2.05) is 12.2 Å². The van der Waals surface area contributed by atoms with Crippen molar-refractivity contribution in [3.63, 3.8) is 0 Å². The van der Waals surface area contributed by atoms with Crippen LogP contribution in [0.2, 0.25) is 0 Å². The van der Waals surface area contributed by atoms with Gasteiger partial charge in [0.25, 0.3) is 8.53 Å². The summed E-state index contributed by atoms with van der Waals surface area (Å²) in [6.45, 7) is 16.5. The Kier molecular flexibility index (Phi) is 11.5. The zero-order valence-electron chi connectivity index (χ0n) is 13.8. The van der Waals surface area contributed by atoms with Gasteiger partial charge in [-0.05, 0) is 40.5 Å². The predicted molar refractivity (Wildman–Crippen MR) is 89.7 cm³/mol. The molecule has 1 atom stereocenters. The van der Waals surface area contributed by atoms with E-state index >= 15 is 0 Å². The maximum atomic E-state index is 8.68. The van der Waals surface area contributed by atoms with Crippen LogP contribution in [0.1, 0.15) is 47.0 Å². The number of rotatable bonds is 12. The summed E-state index contributed by atoms with van der Waals surface area (Å²) in [6.07, 6.45) is 5.62. The highest BCUT2D eigenvalue weighted by Crippen LogP contribution is 2.47. The van der Waals surface area contributed by atoms with E-state index in [1.54, 1.807) is 0 Å². The lowest BCUT2D eigenvalue weighted by Crippen LogP contribution is -2.34. The third-order valence-corrected chi connectivity index (χ3v) is 4.94. The maximum Gasteiger partial charge on any atom is 0.259 e. The molecule has 0 fully saturated rings. The molecule has 0 N–H and O–H groups in total. The van der Waals surface area contributed by atoms with Crippen molar-refractivity contribution in [1.82, 2.24) is 4.67 Å². The van der Waals surface area contributed by atoms with Crippen LogP contribution in [0.15, 0.2) is 25.3 Å². The van der Waals surface area contributed by atoms with Gasteiger partial charge >= 0.3 is 0 Å². The molecule has 120 valence electrons. The van der Waals surface area contributed by atoms with Gasteiger partial charge in [-0.1, -0.05) is 12.2 Å². The highest BCUT2D eigenvalue weighted by atomic mass is 31.2. The van der Waals surface area contributed by atoms with Gasteiger partial charge in [-0.15, -0.1) is 13.2 Å². The molecular weight excluding hydrogens is 283 g/mol. The van der Waals surface area contributed by atoms with Crippen molar-refractivity contribution in [3.05, 3.63) is 25.3 Å². The largest absolute Gasteiger partial charge is 0.321 e. The molecule has 0 aliphatic heterocycles. The lowest BCUT2D eigenvalue weighted by atomic mass is 10.2. The van der Waals surface area contributed by atoms with Gasteiger partial charge in [-0.25, -0.2) is 4.67 Å². The molecule has 0 radical (unpaired) electrons. The fourth-order valence-electron chi connectivity index (χ4n) is 1.98. The monoisotopic (exact) mass is 312 g/mol. The molecule has 0 aromatic heterocycles. The number of hydrogen-bond acceptors (Lipinski definition) is 4. The Labute approximate surface area is 131 Å². The molecule has 0 saturated carbocycles. The first-order chi connectivity index (χ1) is 9.97. The minimum atomic E-state index is -1.19. The van der Waals surface area contributed by atoms with Crippen LogP contribution in [-0.4, -0.2) is 29.5 Å². The van der Waals surface area contributed by atoms with Crippen LogP contribution in [-0.2, 0) is 9.05 Å². The molecule has 0 saturated heterocycles. The van der Waals surface area contributed by atoms with Crippen molar-refractivity contribution in [2.45, 2.75) is 65.1 Å². The van der Waals surface area contributed by atoms with Crippen LogP contribution in [0.25, 0.3) is 0 Å². The molecule has 4 nitrogen and oxygen atoms in total. The second kappa shape index (κ2) is 11.9. The summed E-state index contributed by atoms with van der Waals surface area (Å²) in [5.41, 5.74) is 0. The SMILES string of the molecule is C=CCC(CC=C)OP(OCCC#N)N(C(C)C)C(C)C. The molecule has 0 aromatic carbocycles. The predicted octanol–water partition coefficient (Wildman–Crippen LogP) is 4.80. The van der Waals surface area contributed by atoms with E-state index in [-0.39, 0.29) is 6.10 Å². The van der Waals surface area contributed by atoms with Gasteiger partial charge in [0.1, 0.15) is 0 Å². The zero-order chi connectivity index (χ0) is 16.3. The molecule has 5 heteroatoms. The Bertz CT molecular complexity index is 322. The summed E-state index contributed by atoms with van der Waals surface area (Å²) in [5.74, 6) is 0. The summed E-state index contributed by atoms with van der Waals surface area (Å²) >= 11 is 0. The molecule has 0 aliphatic rings. The summed E-state index contributed by atoms with van der Waals surface area (Å²) in [6, 6.07) is 2.73. The van der Waals surface area contributed by atoms with E-state index in [0.29, 0.717) is 25.1 Å². The lowest BCUT2D eigenvalue weighted by molar-refractivity contribution is 0.134. The Balaban J connectivity index is 4.94. The number of nitrogens with zero attached hydrogens (tertiary/aromatic N) is 2. The molecule has 0 aromatic rings. The van der Waals surface area contributed by atoms with Gasteiger partial charge in [0.15, 0.2) is 0 Å². The van der Waals surface area contributed by atoms with Gasteiger partial charge in [-0.3, -0.25) is 0 Å². The first-order valence-corrected chi connectivity index (χ1v) is 8.57. The van der Waals surface area contributed by atoms with Crippen molar-refractivity contribution in [2.75, 3.05) is 6.61 Å². The fraction of sp³-hybridized carbons (Fsp3) is 0.688. The van der Waals surface area contributed by atoms with E-state index in [1.165, 1.54) is 0 Å². The van der Waals surface area contributed by atoms with E-state index in [2.05, 4.69) is 51.6 Å². The van der Waals surface area contributed by atoms with Crippen molar-refractivity contribution in [1.29, 1.82) is 5.26 Å². The molecule has 0 bridgehead atoms. The molecule has 0 spiro atoms. The molecule has 0 amide bonds. The Morgan fingerprint density at radius 3 is 2.05 bits per heavy atom. The quantitative estimate of drug-likeness (QED) is 0.295. The normalized spacial score (nSPS) is 12.9. The second-order valence-corrected chi connectivity index (χ2v) is 6.73. The Hall–Kier alpha value is -0.720. The van der Waals surface area contributed by atoms with E-state index in [4.69, 9.17) is 14.3 Å². The lowest BCUT2D eigenvalue weighted by Gasteiger charge is -2.37. The van der Waals surface area contributed by atoms with E-state index in [0.717, 1.165) is 12.8 Å². The third kappa shape index (κ3) is 8.34. The van der Waals surface area contributed by atoms with Crippen molar-refractivity contribution in [2.24, 2.45) is 0 Å². The van der Waals surface area contributed by atoms with Gasteiger partial charge in [0, 0.05) is 12.1 Å². The average Bonchev–Trinajstić information content (AvgIpc) is 2.38. The minimum absolute atomic E-state index is 0.0215. The van der Waals surface area contributed by atoms with Crippen LogP contribution in [0.3, 0.4) is 0 Å². The first-order valence-electron chi connectivity index (χ1n) is 7.44. The Morgan fingerprint density at radius 2 is 1.67 bits per heavy atom. The third-order valence-electron chi connectivity index (χ3n) is 2.76. The second-order valence-electron chi connectivity index (χ2n) is 5.32. The van der Waals surface area contributed by atoms with Gasteiger partial charge in [0.05, 0.1) is 25.2 Å². The van der Waals surface area contributed by atoms with Gasteiger partial charge in [0.2, 0.25) is 0 Å². The maximum absolute atomic E-state index is 8.68. The molecule has 1 unspecified atom stereocenters. The van der Waals surface area contributed by atoms with Crippen molar-refractivity contribution < 1.29 is 9.05 Å². The van der Waals surface area contributed by atoms with Gasteiger partial charge < -0.3 is 9.05 Å². The van der Waals surface area contributed by atoms with Gasteiger partial charge in [-0.2, -0.15) is 5.26 Å². The summed E-state index contributed by atoms with van der Waals surface area (Å²) in [5, 5.41) is 8.68. The summed E-state index contributed by atoms with van der Waals surface area (Å²) < 4.78 is 14.3. The van der Waals surface area contributed by atoms with Crippen LogP contribution in [0, 0.1) is 11.3 Å². The average molecular weight is 312 g/mol. The Morgan fingerprint density at radius 1 is 1.14 bits per heavy atom. The molecule has 0 heterocycles. The molecule has 0 aliphatic carbocycles. The number of nitriles is 1. The zero-order valence-corrected chi connectivity index (χ0v) is 14.7. The summed E-state index contributed by atoms with van der Waals surface area (Å²) in [7, 11) is -1.19. The van der Waals surface area contributed by atoms with Crippen LogP contribution in [0.4, 0.5) is 0 Å². The highest BCUT2D eigenvalue weighted by Gasteiger charge is 2.29. The van der Waals surface area contributed by atoms with Crippen molar-refractivity contribution >= 4 is 8.53 Å². The highest BCUT2D eigenvalue weighted by molar-refractivity contribution is 7.44. The first kappa shape index (κ1) is 20.3. The standard InChI is InChI=1S/C16H29N2O2P/c1-7-10-16(11-8-2)20-21(19-13-9-12-17)18(14(3)4)15(5)6/h7-8,14-16H,1-2,9-11,13H2,3-6H3. The fourth-order valence-corrected chi connectivity index (χ4v) is 3.71. The van der Waals surface area contributed by atoms with Crippen molar-refractivity contribution in [3.8, 4) is 6.07 Å². The molecule has 0 rings (SSSR count). The van der Waals surface area contributed by atoms with Crippen LogP contribution < -0.4 is 0 Å². The smallest absolute Gasteiger partial charge is 0.259 e. The van der Waals surface area contributed by atoms with Crippen LogP contribution >= 0.6 is 8.53 Å². The summed E-state index contributed by atoms with van der Waals surface area (Å²) in [4.78, 5) is 0. The van der Waals surface area contributed by atoms with E-state index < -0.39 is 8.53 Å². The molecular formula is C16H29N2O2P. The topological polar surface area (TPSA) is 45.5 Å². The molecule has 21 heavy (non-hydrogen) atoms. The minimum Gasteiger partial charge on any atom is -0.321 e. The van der Waals surface area contributed by atoms with Crippen LogP contribution in [0.5, 0.6) is 0 Å².